The highest BCUT2D eigenvalue weighted by Gasteiger charge is 2.25. The summed E-state index contributed by atoms with van der Waals surface area (Å²) in [6.07, 6.45) is 3.41. The monoisotopic (exact) mass is 352 g/mol. The number of hydrogen-bond acceptors (Lipinski definition) is 5. The van der Waals surface area contributed by atoms with Gasteiger partial charge in [0.1, 0.15) is 11.5 Å². The van der Waals surface area contributed by atoms with Crippen molar-refractivity contribution in [2.24, 2.45) is 0 Å². The van der Waals surface area contributed by atoms with Crippen molar-refractivity contribution in [3.63, 3.8) is 0 Å². The molecule has 1 fully saturated rings. The van der Waals surface area contributed by atoms with Crippen LogP contribution in [0.3, 0.4) is 0 Å². The summed E-state index contributed by atoms with van der Waals surface area (Å²) in [6, 6.07) is 9.73. The van der Waals surface area contributed by atoms with Crippen LogP contribution < -0.4 is 4.90 Å². The first-order chi connectivity index (χ1) is 12.7. The predicted molar refractivity (Wildman–Crippen MR) is 94.1 cm³/mol. The van der Waals surface area contributed by atoms with Crippen LogP contribution in [0.2, 0.25) is 0 Å². The van der Waals surface area contributed by atoms with E-state index < -0.39 is 0 Å². The number of carbonyl (C=O) groups is 1. The first-order valence-electron chi connectivity index (χ1n) is 8.34. The van der Waals surface area contributed by atoms with E-state index in [4.69, 9.17) is 0 Å². The fourth-order valence-corrected chi connectivity index (χ4v) is 2.97. The van der Waals surface area contributed by atoms with Crippen molar-refractivity contribution in [3.05, 3.63) is 60.3 Å². The van der Waals surface area contributed by atoms with Gasteiger partial charge in [-0.3, -0.25) is 9.89 Å². The molecule has 1 aromatic carbocycles. The van der Waals surface area contributed by atoms with Crippen molar-refractivity contribution in [1.82, 2.24) is 25.1 Å². The number of H-pyrrole nitrogens is 1. The average molecular weight is 352 g/mol. The molecule has 0 radical (unpaired) electrons. The molecule has 0 aliphatic carbocycles. The highest BCUT2D eigenvalue weighted by Crippen LogP contribution is 2.21. The lowest BCUT2D eigenvalue weighted by Gasteiger charge is -2.34. The summed E-state index contributed by atoms with van der Waals surface area (Å²) in [5, 5.41) is 6.81. The van der Waals surface area contributed by atoms with Gasteiger partial charge in [-0.1, -0.05) is 12.1 Å². The van der Waals surface area contributed by atoms with Crippen molar-refractivity contribution >= 4 is 11.9 Å². The zero-order valence-corrected chi connectivity index (χ0v) is 14.0. The molecule has 1 N–H and O–H groups in total. The van der Waals surface area contributed by atoms with Crippen molar-refractivity contribution in [2.45, 2.75) is 0 Å². The molecule has 0 bridgehead atoms. The maximum absolute atomic E-state index is 13.9. The number of rotatable bonds is 3. The molecule has 1 aliphatic rings. The fourth-order valence-electron chi connectivity index (χ4n) is 2.97. The number of carbonyl (C=O) groups excluding carboxylic acids is 1. The SMILES string of the molecule is O=C(c1cc(-c2ccccc2F)n[nH]1)N1CCN(c2ncccn2)CC1. The van der Waals surface area contributed by atoms with Gasteiger partial charge >= 0.3 is 0 Å². The predicted octanol–water partition coefficient (Wildman–Crippen LogP) is 1.97. The summed E-state index contributed by atoms with van der Waals surface area (Å²) >= 11 is 0. The number of nitrogens with one attached hydrogen (secondary N) is 1. The standard InChI is InChI=1S/C18H17FN6O/c19-14-5-2-1-4-13(14)15-12-16(23-22-15)17(26)24-8-10-25(11-9-24)18-20-6-3-7-21-18/h1-7,12H,8-11H2,(H,22,23). The molecule has 3 heterocycles. The quantitative estimate of drug-likeness (QED) is 0.780. The largest absolute Gasteiger partial charge is 0.337 e. The molecule has 1 aliphatic heterocycles. The maximum atomic E-state index is 13.9. The van der Waals surface area contributed by atoms with Gasteiger partial charge in [-0.15, -0.1) is 0 Å². The average Bonchev–Trinajstić information content (AvgIpc) is 3.18. The molecule has 4 rings (SSSR count). The van der Waals surface area contributed by atoms with Crippen molar-refractivity contribution in [2.75, 3.05) is 31.1 Å². The highest BCUT2D eigenvalue weighted by atomic mass is 19.1. The third kappa shape index (κ3) is 3.13. The van der Waals surface area contributed by atoms with E-state index in [0.29, 0.717) is 49.1 Å². The number of nitrogens with zero attached hydrogens (tertiary/aromatic N) is 5. The number of aromatic amines is 1. The van der Waals surface area contributed by atoms with Crippen LogP contribution in [0.1, 0.15) is 10.5 Å². The third-order valence-electron chi connectivity index (χ3n) is 4.36. The van der Waals surface area contributed by atoms with Gasteiger partial charge in [-0.2, -0.15) is 5.10 Å². The lowest BCUT2D eigenvalue weighted by molar-refractivity contribution is 0.0740. The van der Waals surface area contributed by atoms with Crippen LogP contribution in [0.5, 0.6) is 0 Å². The summed E-state index contributed by atoms with van der Waals surface area (Å²) in [6.45, 7) is 2.43. The molecule has 3 aromatic rings. The molecule has 8 heteroatoms. The highest BCUT2D eigenvalue weighted by molar-refractivity contribution is 5.93. The number of benzene rings is 1. The minimum Gasteiger partial charge on any atom is -0.337 e. The van der Waals surface area contributed by atoms with Gasteiger partial charge in [0.25, 0.3) is 5.91 Å². The van der Waals surface area contributed by atoms with Gasteiger partial charge in [-0.05, 0) is 24.3 Å². The number of aromatic nitrogens is 4. The van der Waals surface area contributed by atoms with Gasteiger partial charge < -0.3 is 9.80 Å². The van der Waals surface area contributed by atoms with E-state index in [9.17, 15) is 9.18 Å². The summed E-state index contributed by atoms with van der Waals surface area (Å²) in [7, 11) is 0. The van der Waals surface area contributed by atoms with Crippen molar-refractivity contribution in [1.29, 1.82) is 0 Å². The van der Waals surface area contributed by atoms with Crippen LogP contribution >= 0.6 is 0 Å². The minimum atomic E-state index is -0.366. The first kappa shape index (κ1) is 16.2. The van der Waals surface area contributed by atoms with E-state index in [1.54, 1.807) is 47.6 Å². The second kappa shape index (κ2) is 6.91. The topological polar surface area (TPSA) is 78.0 Å². The Morgan fingerprint density at radius 3 is 2.50 bits per heavy atom. The van der Waals surface area contributed by atoms with Crippen LogP contribution in [-0.2, 0) is 0 Å². The Hall–Kier alpha value is -3.29. The molecule has 0 atom stereocenters. The molecule has 0 saturated carbocycles. The van der Waals surface area contributed by atoms with Gasteiger partial charge in [0.2, 0.25) is 5.95 Å². The summed E-state index contributed by atoms with van der Waals surface area (Å²) < 4.78 is 13.9. The molecule has 1 saturated heterocycles. The first-order valence-corrected chi connectivity index (χ1v) is 8.34. The number of amides is 1. The molecule has 1 amide bonds. The van der Waals surface area contributed by atoms with E-state index in [-0.39, 0.29) is 11.7 Å². The van der Waals surface area contributed by atoms with Gasteiger partial charge in [0, 0.05) is 44.1 Å². The van der Waals surface area contributed by atoms with Gasteiger partial charge in [0.15, 0.2) is 0 Å². The number of hydrogen-bond donors (Lipinski definition) is 1. The van der Waals surface area contributed by atoms with Crippen LogP contribution in [0.15, 0.2) is 48.8 Å². The van der Waals surface area contributed by atoms with Crippen LogP contribution in [0, 0.1) is 5.82 Å². The van der Waals surface area contributed by atoms with E-state index >= 15 is 0 Å². The normalized spacial score (nSPS) is 14.5. The summed E-state index contributed by atoms with van der Waals surface area (Å²) in [4.78, 5) is 24.9. The summed E-state index contributed by atoms with van der Waals surface area (Å²) in [5.74, 6) is 0.158. The van der Waals surface area contributed by atoms with Crippen molar-refractivity contribution < 1.29 is 9.18 Å². The Morgan fingerprint density at radius 1 is 1.04 bits per heavy atom. The third-order valence-corrected chi connectivity index (χ3v) is 4.36. The molecular weight excluding hydrogens is 335 g/mol. The number of halogens is 1. The van der Waals surface area contributed by atoms with Crippen LogP contribution in [0.4, 0.5) is 10.3 Å². The summed E-state index contributed by atoms with van der Waals surface area (Å²) in [5.41, 5.74) is 1.14. The second-order valence-electron chi connectivity index (χ2n) is 5.97. The lowest BCUT2D eigenvalue weighted by atomic mass is 10.1. The Kier molecular flexibility index (Phi) is 4.30. The second-order valence-corrected chi connectivity index (χ2v) is 5.97. The van der Waals surface area contributed by atoms with E-state index in [2.05, 4.69) is 20.2 Å². The molecular formula is C18H17FN6O. The molecule has 0 spiro atoms. The minimum absolute atomic E-state index is 0.145. The number of anilines is 1. The van der Waals surface area contributed by atoms with E-state index in [1.807, 2.05) is 4.90 Å². The Morgan fingerprint density at radius 2 is 1.77 bits per heavy atom. The lowest BCUT2D eigenvalue weighted by Crippen LogP contribution is -2.49. The smallest absolute Gasteiger partial charge is 0.272 e. The maximum Gasteiger partial charge on any atom is 0.272 e. The molecule has 0 unspecified atom stereocenters. The zero-order valence-electron chi connectivity index (χ0n) is 14.0. The molecule has 132 valence electrons. The van der Waals surface area contributed by atoms with Gasteiger partial charge in [0.05, 0.1) is 5.69 Å². The zero-order chi connectivity index (χ0) is 17.9. The van der Waals surface area contributed by atoms with E-state index in [0.717, 1.165) is 0 Å². The molecule has 26 heavy (non-hydrogen) atoms. The van der Waals surface area contributed by atoms with Crippen LogP contribution in [-0.4, -0.2) is 57.2 Å². The van der Waals surface area contributed by atoms with E-state index in [1.165, 1.54) is 6.07 Å². The number of piperazine rings is 1. The Labute approximate surface area is 149 Å². The van der Waals surface area contributed by atoms with Crippen molar-refractivity contribution in [3.8, 4) is 11.3 Å². The van der Waals surface area contributed by atoms with Crippen LogP contribution in [0.25, 0.3) is 11.3 Å². The Bertz CT molecular complexity index is 905. The Balaban J connectivity index is 1.44. The fraction of sp³-hybridized carbons (Fsp3) is 0.222. The molecule has 7 nitrogen and oxygen atoms in total. The van der Waals surface area contributed by atoms with Gasteiger partial charge in [-0.25, -0.2) is 14.4 Å². The molecule has 2 aromatic heterocycles.